The van der Waals surface area contributed by atoms with Crippen LogP contribution in [0.25, 0.3) is 11.3 Å². The van der Waals surface area contributed by atoms with E-state index in [9.17, 15) is 4.79 Å². The molecule has 0 aliphatic heterocycles. The molecule has 0 saturated heterocycles. The Labute approximate surface area is 181 Å². The van der Waals surface area contributed by atoms with Gasteiger partial charge in [-0.05, 0) is 41.8 Å². The number of rotatable bonds is 5. The summed E-state index contributed by atoms with van der Waals surface area (Å²) < 4.78 is 8.46. The molecule has 0 amide bonds. The summed E-state index contributed by atoms with van der Waals surface area (Å²) in [5.41, 5.74) is 3.16. The zero-order valence-corrected chi connectivity index (χ0v) is 17.9. The van der Waals surface area contributed by atoms with Gasteiger partial charge in [0.2, 0.25) is 5.89 Å². The topological polar surface area (TPSA) is 78.7 Å². The van der Waals surface area contributed by atoms with Crippen LogP contribution in [0.2, 0.25) is 5.02 Å². The van der Waals surface area contributed by atoms with E-state index in [-0.39, 0.29) is 5.92 Å². The molecule has 2 atom stereocenters. The second-order valence-corrected chi connectivity index (χ2v) is 8.77. The Kier molecular flexibility index (Phi) is 4.75. The number of aryl methyl sites for hydroxylation is 2. The molecule has 0 N–H and O–H groups in total. The quantitative estimate of drug-likeness (QED) is 0.462. The fraction of sp³-hybridized carbons (Fsp3) is 0.238. The van der Waals surface area contributed by atoms with Crippen LogP contribution in [0.15, 0.2) is 68.2 Å². The van der Waals surface area contributed by atoms with Crippen molar-refractivity contribution in [1.82, 2.24) is 24.3 Å². The van der Waals surface area contributed by atoms with Gasteiger partial charge in [0.05, 0.1) is 11.3 Å². The highest BCUT2D eigenvalue weighted by Crippen LogP contribution is 2.54. The van der Waals surface area contributed by atoms with Crippen molar-refractivity contribution >= 4 is 23.4 Å². The molecule has 4 aromatic rings. The fourth-order valence-corrected chi connectivity index (χ4v) is 4.51. The van der Waals surface area contributed by atoms with E-state index in [0.717, 1.165) is 27.7 Å². The first-order chi connectivity index (χ1) is 14.5. The maximum Gasteiger partial charge on any atom is 0.436 e. The van der Waals surface area contributed by atoms with E-state index >= 15 is 0 Å². The first-order valence-corrected chi connectivity index (χ1v) is 10.6. The van der Waals surface area contributed by atoms with Crippen LogP contribution in [-0.2, 0) is 14.1 Å². The molecule has 3 heterocycles. The molecule has 3 aromatic heterocycles. The van der Waals surface area contributed by atoms with Gasteiger partial charge in [0, 0.05) is 31.8 Å². The molecule has 30 heavy (non-hydrogen) atoms. The normalized spacial score (nSPS) is 18.0. The molecule has 1 fully saturated rings. The van der Waals surface area contributed by atoms with Crippen molar-refractivity contribution in [1.29, 1.82) is 0 Å². The number of aromatic nitrogens is 5. The molecule has 0 bridgehead atoms. The summed E-state index contributed by atoms with van der Waals surface area (Å²) >= 11 is 7.49. The van der Waals surface area contributed by atoms with Gasteiger partial charge in [0.25, 0.3) is 0 Å². The molecule has 0 spiro atoms. The molecule has 1 aliphatic carbocycles. The second kappa shape index (κ2) is 7.45. The number of imidazole rings is 1. The number of pyridine rings is 1. The first kappa shape index (κ1) is 19.1. The number of hydrogen-bond acceptors (Lipinski definition) is 6. The SMILES string of the molecule is Cn1cnc(-c2ccc([C@H]3C[C@@H]3c3nn(C)c(=O)o3)cc2)c1Sc1ccc(Cl)cn1. The molecular weight excluding hydrogens is 422 g/mol. The van der Waals surface area contributed by atoms with Crippen molar-refractivity contribution in [3.63, 3.8) is 0 Å². The number of halogens is 1. The summed E-state index contributed by atoms with van der Waals surface area (Å²) in [4.78, 5) is 20.5. The van der Waals surface area contributed by atoms with Gasteiger partial charge in [0.1, 0.15) is 15.7 Å². The smallest absolute Gasteiger partial charge is 0.392 e. The second-order valence-electron chi connectivity index (χ2n) is 7.33. The van der Waals surface area contributed by atoms with E-state index < -0.39 is 5.76 Å². The third kappa shape index (κ3) is 3.57. The Hall–Kier alpha value is -2.84. The Balaban J connectivity index is 1.36. The zero-order valence-electron chi connectivity index (χ0n) is 16.3. The molecule has 1 saturated carbocycles. The van der Waals surface area contributed by atoms with E-state index in [0.29, 0.717) is 16.8 Å². The average molecular weight is 440 g/mol. The van der Waals surface area contributed by atoms with Gasteiger partial charge in [-0.3, -0.25) is 0 Å². The molecule has 1 aromatic carbocycles. The van der Waals surface area contributed by atoms with Crippen LogP contribution >= 0.6 is 23.4 Å². The van der Waals surface area contributed by atoms with Crippen LogP contribution in [0.1, 0.15) is 29.7 Å². The van der Waals surface area contributed by atoms with E-state index in [1.165, 1.54) is 10.2 Å². The largest absolute Gasteiger partial charge is 0.436 e. The highest BCUT2D eigenvalue weighted by atomic mass is 35.5. The highest BCUT2D eigenvalue weighted by Gasteiger charge is 2.43. The molecule has 7 nitrogen and oxygen atoms in total. The van der Waals surface area contributed by atoms with Crippen LogP contribution in [-0.4, -0.2) is 24.3 Å². The summed E-state index contributed by atoms with van der Waals surface area (Å²) in [5.74, 6) is 0.603. The molecule has 5 rings (SSSR count). The minimum absolute atomic E-state index is 0.168. The Bertz CT molecular complexity index is 1260. The predicted molar refractivity (Wildman–Crippen MR) is 114 cm³/mol. The standard InChI is InChI=1S/C21H18ClN5O2S/c1-26-11-24-18(20(26)30-17-8-7-14(22)10-23-17)13-5-3-12(4-6-13)15-9-16(15)19-25-27(2)21(28)29-19/h3-8,10-11,15-16H,9H2,1-2H3/t15-,16+/m1/s1. The molecule has 9 heteroatoms. The molecular formula is C21H18ClN5O2S. The summed E-state index contributed by atoms with van der Waals surface area (Å²) in [7, 11) is 3.57. The summed E-state index contributed by atoms with van der Waals surface area (Å²) in [6.07, 6.45) is 4.39. The van der Waals surface area contributed by atoms with E-state index in [1.54, 1.807) is 25.0 Å². The van der Waals surface area contributed by atoms with Crippen molar-refractivity contribution < 1.29 is 4.42 Å². The van der Waals surface area contributed by atoms with E-state index in [4.69, 9.17) is 16.0 Å². The summed E-state index contributed by atoms with van der Waals surface area (Å²) in [5, 5.41) is 6.67. The lowest BCUT2D eigenvalue weighted by atomic mass is 10.1. The van der Waals surface area contributed by atoms with Crippen LogP contribution in [0.3, 0.4) is 0 Å². The maximum absolute atomic E-state index is 11.5. The van der Waals surface area contributed by atoms with Gasteiger partial charge in [-0.2, -0.15) is 4.68 Å². The Morgan fingerprint density at radius 2 is 1.90 bits per heavy atom. The third-order valence-electron chi connectivity index (χ3n) is 5.21. The minimum Gasteiger partial charge on any atom is -0.392 e. The average Bonchev–Trinajstić information content (AvgIpc) is 3.37. The van der Waals surface area contributed by atoms with Gasteiger partial charge in [-0.25, -0.2) is 14.8 Å². The summed E-state index contributed by atoms with van der Waals surface area (Å²) in [6, 6.07) is 12.1. The number of benzene rings is 1. The van der Waals surface area contributed by atoms with E-state index in [1.807, 2.05) is 30.1 Å². The lowest BCUT2D eigenvalue weighted by molar-refractivity contribution is 0.453. The van der Waals surface area contributed by atoms with Gasteiger partial charge in [0.15, 0.2) is 0 Å². The van der Waals surface area contributed by atoms with Crippen LogP contribution in [0.4, 0.5) is 0 Å². The summed E-state index contributed by atoms with van der Waals surface area (Å²) in [6.45, 7) is 0. The van der Waals surface area contributed by atoms with Gasteiger partial charge < -0.3 is 8.98 Å². The molecule has 0 unspecified atom stereocenters. The van der Waals surface area contributed by atoms with Crippen LogP contribution in [0.5, 0.6) is 0 Å². The Morgan fingerprint density at radius 3 is 2.57 bits per heavy atom. The van der Waals surface area contributed by atoms with Gasteiger partial charge in [-0.15, -0.1) is 5.10 Å². The van der Waals surface area contributed by atoms with Crippen LogP contribution < -0.4 is 5.76 Å². The zero-order chi connectivity index (χ0) is 20.8. The van der Waals surface area contributed by atoms with Crippen molar-refractivity contribution in [3.8, 4) is 11.3 Å². The van der Waals surface area contributed by atoms with Crippen molar-refractivity contribution in [3.05, 3.63) is 75.9 Å². The van der Waals surface area contributed by atoms with Crippen molar-refractivity contribution in [2.75, 3.05) is 0 Å². The monoisotopic (exact) mass is 439 g/mol. The van der Waals surface area contributed by atoms with Crippen molar-refractivity contribution in [2.45, 2.75) is 28.3 Å². The number of nitrogens with zero attached hydrogens (tertiary/aromatic N) is 5. The minimum atomic E-state index is -0.415. The lowest BCUT2D eigenvalue weighted by Gasteiger charge is -2.07. The first-order valence-electron chi connectivity index (χ1n) is 9.44. The third-order valence-corrected chi connectivity index (χ3v) is 6.56. The van der Waals surface area contributed by atoms with Gasteiger partial charge >= 0.3 is 5.76 Å². The number of hydrogen-bond donors (Lipinski definition) is 0. The molecule has 152 valence electrons. The van der Waals surface area contributed by atoms with E-state index in [2.05, 4.69) is 39.3 Å². The predicted octanol–water partition coefficient (Wildman–Crippen LogP) is 4.24. The fourth-order valence-electron chi connectivity index (χ4n) is 3.50. The highest BCUT2D eigenvalue weighted by molar-refractivity contribution is 7.99. The van der Waals surface area contributed by atoms with Crippen molar-refractivity contribution in [2.24, 2.45) is 14.1 Å². The lowest BCUT2D eigenvalue weighted by Crippen LogP contribution is -2.09. The maximum atomic E-state index is 11.5. The Morgan fingerprint density at radius 1 is 1.10 bits per heavy atom. The van der Waals surface area contributed by atoms with Crippen LogP contribution in [0, 0.1) is 0 Å². The molecule has 1 aliphatic rings. The molecule has 0 radical (unpaired) electrons. The van der Waals surface area contributed by atoms with Gasteiger partial charge in [-0.1, -0.05) is 35.9 Å².